The highest BCUT2D eigenvalue weighted by atomic mass is 19.1. The summed E-state index contributed by atoms with van der Waals surface area (Å²) < 4.78 is 19.0. The largest absolute Gasteiger partial charge is 0.508 e. The van der Waals surface area contributed by atoms with Crippen molar-refractivity contribution in [3.05, 3.63) is 107 Å². The summed E-state index contributed by atoms with van der Waals surface area (Å²) in [5.74, 6) is 0.112. The number of hydrogen-bond donors (Lipinski definition) is 3. The van der Waals surface area contributed by atoms with Crippen LogP contribution in [0.1, 0.15) is 39.7 Å². The van der Waals surface area contributed by atoms with Gasteiger partial charge in [0.25, 0.3) is 5.91 Å². The molecule has 2 heterocycles. The van der Waals surface area contributed by atoms with Crippen molar-refractivity contribution in [2.45, 2.75) is 19.4 Å². The van der Waals surface area contributed by atoms with Gasteiger partial charge in [-0.05, 0) is 49.4 Å². The molecule has 0 aliphatic heterocycles. The van der Waals surface area contributed by atoms with E-state index in [1.165, 1.54) is 18.2 Å². The van der Waals surface area contributed by atoms with Gasteiger partial charge >= 0.3 is 0 Å². The van der Waals surface area contributed by atoms with Crippen LogP contribution >= 0.6 is 0 Å². The van der Waals surface area contributed by atoms with Crippen LogP contribution in [0.15, 0.2) is 83.5 Å². The van der Waals surface area contributed by atoms with Gasteiger partial charge in [0.05, 0.1) is 11.6 Å². The Morgan fingerprint density at radius 1 is 1.15 bits per heavy atom. The van der Waals surface area contributed by atoms with Gasteiger partial charge in [0.15, 0.2) is 0 Å². The standard InChI is InChI=1S/C26H22FN3O3/c1-16-21(13-25(33-16)17-8-10-19(27)11-9-17)26(32)30-23(20-6-2-3-7-24(20)31)14-22(28)18-5-4-12-29-15-18/h2-13,15,23,28,31H,14H2,1H3,(H,30,32). The summed E-state index contributed by atoms with van der Waals surface area (Å²) in [7, 11) is 0. The number of nitrogens with zero attached hydrogens (tertiary/aromatic N) is 1. The molecule has 0 bridgehead atoms. The Bertz CT molecular complexity index is 1280. The Hall–Kier alpha value is -4.26. The number of amides is 1. The molecule has 0 aliphatic carbocycles. The number of halogens is 1. The second-order valence-electron chi connectivity index (χ2n) is 7.60. The van der Waals surface area contributed by atoms with E-state index in [1.807, 2.05) is 0 Å². The lowest BCUT2D eigenvalue weighted by Crippen LogP contribution is -2.30. The average molecular weight is 443 g/mol. The van der Waals surface area contributed by atoms with Gasteiger partial charge in [0.2, 0.25) is 0 Å². The van der Waals surface area contributed by atoms with E-state index in [1.54, 1.807) is 67.8 Å². The van der Waals surface area contributed by atoms with E-state index in [2.05, 4.69) is 10.3 Å². The molecule has 1 amide bonds. The molecule has 33 heavy (non-hydrogen) atoms. The average Bonchev–Trinajstić information content (AvgIpc) is 3.21. The zero-order valence-electron chi connectivity index (χ0n) is 17.9. The molecule has 0 radical (unpaired) electrons. The molecule has 0 saturated heterocycles. The van der Waals surface area contributed by atoms with Gasteiger partial charge in [0.1, 0.15) is 23.1 Å². The number of phenolic OH excluding ortho intramolecular Hbond substituents is 1. The van der Waals surface area contributed by atoms with Gasteiger partial charge in [-0.2, -0.15) is 0 Å². The first kappa shape index (κ1) is 22.0. The van der Waals surface area contributed by atoms with Gasteiger partial charge in [-0.25, -0.2) is 4.39 Å². The number of furan rings is 1. The van der Waals surface area contributed by atoms with Crippen molar-refractivity contribution in [3.8, 4) is 17.1 Å². The fourth-order valence-corrected chi connectivity index (χ4v) is 3.58. The minimum Gasteiger partial charge on any atom is -0.508 e. The number of carbonyl (C=O) groups excluding carboxylic acids is 1. The Morgan fingerprint density at radius 3 is 2.61 bits per heavy atom. The maximum atomic E-state index is 13.2. The van der Waals surface area contributed by atoms with Crippen LogP contribution in [-0.2, 0) is 0 Å². The van der Waals surface area contributed by atoms with Crippen LogP contribution in [0.5, 0.6) is 5.75 Å². The molecular weight excluding hydrogens is 421 g/mol. The molecule has 6 nitrogen and oxygen atoms in total. The number of hydrogen-bond acceptors (Lipinski definition) is 5. The van der Waals surface area contributed by atoms with Gasteiger partial charge in [-0.15, -0.1) is 0 Å². The Kier molecular flexibility index (Phi) is 6.31. The first-order valence-electron chi connectivity index (χ1n) is 10.4. The lowest BCUT2D eigenvalue weighted by molar-refractivity contribution is 0.0936. The van der Waals surface area contributed by atoms with E-state index >= 15 is 0 Å². The van der Waals surface area contributed by atoms with Crippen molar-refractivity contribution in [2.24, 2.45) is 0 Å². The highest BCUT2D eigenvalue weighted by molar-refractivity contribution is 6.00. The van der Waals surface area contributed by atoms with Crippen LogP contribution in [0.3, 0.4) is 0 Å². The number of pyridine rings is 1. The molecule has 166 valence electrons. The van der Waals surface area contributed by atoms with Crippen molar-refractivity contribution in [3.63, 3.8) is 0 Å². The summed E-state index contributed by atoms with van der Waals surface area (Å²) in [5, 5.41) is 21.8. The van der Waals surface area contributed by atoms with E-state index in [9.17, 15) is 14.3 Å². The lowest BCUT2D eigenvalue weighted by Gasteiger charge is -2.20. The van der Waals surface area contributed by atoms with E-state index in [0.717, 1.165) is 0 Å². The fourth-order valence-electron chi connectivity index (χ4n) is 3.58. The first-order valence-corrected chi connectivity index (χ1v) is 10.4. The van der Waals surface area contributed by atoms with Crippen LogP contribution in [0.4, 0.5) is 4.39 Å². The van der Waals surface area contributed by atoms with Gasteiger partial charge in [-0.1, -0.05) is 24.3 Å². The van der Waals surface area contributed by atoms with Crippen LogP contribution < -0.4 is 5.32 Å². The molecule has 7 heteroatoms. The predicted octanol–water partition coefficient (Wildman–Crippen LogP) is 5.42. The number of carbonyl (C=O) groups is 1. The summed E-state index contributed by atoms with van der Waals surface area (Å²) in [5.41, 5.74) is 2.37. The third kappa shape index (κ3) is 4.98. The molecule has 1 atom stereocenters. The van der Waals surface area contributed by atoms with E-state index in [0.29, 0.717) is 33.8 Å². The summed E-state index contributed by atoms with van der Waals surface area (Å²) >= 11 is 0. The lowest BCUT2D eigenvalue weighted by atomic mass is 9.97. The predicted molar refractivity (Wildman–Crippen MR) is 123 cm³/mol. The maximum absolute atomic E-state index is 13.2. The molecule has 0 fully saturated rings. The molecule has 0 spiro atoms. The van der Waals surface area contributed by atoms with Gasteiger partial charge in [0, 0.05) is 41.2 Å². The van der Waals surface area contributed by atoms with Gasteiger partial charge in [-0.3, -0.25) is 9.78 Å². The molecule has 4 aromatic rings. The molecule has 0 saturated carbocycles. The highest BCUT2D eigenvalue weighted by Gasteiger charge is 2.23. The Morgan fingerprint density at radius 2 is 1.91 bits per heavy atom. The number of phenols is 1. The minimum absolute atomic E-state index is 0.0257. The van der Waals surface area contributed by atoms with Crippen LogP contribution in [-0.4, -0.2) is 21.7 Å². The second-order valence-corrected chi connectivity index (χ2v) is 7.60. The number of rotatable bonds is 7. The zero-order chi connectivity index (χ0) is 23.4. The highest BCUT2D eigenvalue weighted by Crippen LogP contribution is 2.29. The summed E-state index contributed by atoms with van der Waals surface area (Å²) in [6, 6.07) is 17.0. The van der Waals surface area contributed by atoms with E-state index in [4.69, 9.17) is 9.83 Å². The number of aromatic hydroxyl groups is 1. The van der Waals surface area contributed by atoms with E-state index in [-0.39, 0.29) is 23.7 Å². The van der Waals surface area contributed by atoms with Crippen molar-refractivity contribution in [1.29, 1.82) is 5.41 Å². The van der Waals surface area contributed by atoms with Crippen LogP contribution in [0.2, 0.25) is 0 Å². The number of aryl methyl sites for hydroxylation is 1. The fraction of sp³-hybridized carbons (Fsp3) is 0.115. The minimum atomic E-state index is -0.657. The zero-order valence-corrected chi connectivity index (χ0v) is 17.9. The molecule has 2 aromatic heterocycles. The Balaban J connectivity index is 1.61. The monoisotopic (exact) mass is 443 g/mol. The quantitative estimate of drug-likeness (QED) is 0.332. The second kappa shape index (κ2) is 9.48. The van der Waals surface area contributed by atoms with E-state index < -0.39 is 11.9 Å². The number of benzene rings is 2. The molecule has 4 rings (SSSR count). The first-order chi connectivity index (χ1) is 15.9. The smallest absolute Gasteiger partial charge is 0.255 e. The molecule has 0 aliphatic rings. The molecule has 2 aromatic carbocycles. The van der Waals surface area contributed by atoms with Crippen molar-refractivity contribution in [2.75, 3.05) is 0 Å². The molecule has 3 N–H and O–H groups in total. The van der Waals surface area contributed by atoms with Crippen molar-refractivity contribution in [1.82, 2.24) is 10.3 Å². The third-order valence-corrected chi connectivity index (χ3v) is 5.33. The normalized spacial score (nSPS) is 11.7. The maximum Gasteiger partial charge on any atom is 0.255 e. The van der Waals surface area contributed by atoms with Crippen LogP contribution in [0, 0.1) is 18.2 Å². The Labute approximate surface area is 190 Å². The third-order valence-electron chi connectivity index (χ3n) is 5.33. The van der Waals surface area contributed by atoms with Crippen molar-refractivity contribution >= 4 is 11.6 Å². The molecular formula is C26H22FN3O3. The van der Waals surface area contributed by atoms with Gasteiger partial charge < -0.3 is 20.2 Å². The number of para-hydroxylation sites is 1. The number of aromatic nitrogens is 1. The molecule has 1 unspecified atom stereocenters. The van der Waals surface area contributed by atoms with Crippen molar-refractivity contribution < 1.29 is 18.7 Å². The summed E-state index contributed by atoms with van der Waals surface area (Å²) in [6.07, 6.45) is 3.36. The SMILES string of the molecule is Cc1oc(-c2ccc(F)cc2)cc1C(=O)NC(CC(=N)c1cccnc1)c1ccccc1O. The summed E-state index contributed by atoms with van der Waals surface area (Å²) in [6.45, 7) is 1.68. The summed E-state index contributed by atoms with van der Waals surface area (Å²) in [4.78, 5) is 17.2. The topological polar surface area (TPSA) is 99.2 Å². The number of nitrogens with one attached hydrogen (secondary N) is 2. The van der Waals surface area contributed by atoms with Crippen LogP contribution in [0.25, 0.3) is 11.3 Å².